The van der Waals surface area contributed by atoms with Crippen LogP contribution in [0.1, 0.15) is 38.3 Å². The van der Waals surface area contributed by atoms with Gasteiger partial charge in [0.05, 0.1) is 11.8 Å². The van der Waals surface area contributed by atoms with E-state index in [1.807, 2.05) is 29.8 Å². The first-order valence-corrected chi connectivity index (χ1v) is 14.2. The number of hydrogen-bond acceptors (Lipinski definition) is 6. The third-order valence-electron chi connectivity index (χ3n) is 7.39. The van der Waals surface area contributed by atoms with Gasteiger partial charge >= 0.3 is 6.18 Å². The number of halogens is 3. The van der Waals surface area contributed by atoms with Crippen LogP contribution in [-0.2, 0) is 11.0 Å². The summed E-state index contributed by atoms with van der Waals surface area (Å²) in [6.07, 6.45) is 4.95. The van der Waals surface area contributed by atoms with Crippen LogP contribution in [0.15, 0.2) is 79.5 Å². The fourth-order valence-electron chi connectivity index (χ4n) is 5.11. The summed E-state index contributed by atoms with van der Waals surface area (Å²) < 4.78 is 38.6. The lowest BCUT2D eigenvalue weighted by molar-refractivity contribution is -0.137. The Balaban J connectivity index is 0.000000215. The molecular weight excluding hydrogens is 569 g/mol. The molecular formula is C32H33F3N8O. The molecule has 12 heteroatoms. The Bertz CT molecular complexity index is 1710. The highest BCUT2D eigenvalue weighted by atomic mass is 19.4. The molecule has 0 aliphatic carbocycles. The van der Waals surface area contributed by atoms with Crippen molar-refractivity contribution in [2.24, 2.45) is 0 Å². The number of anilines is 2. The molecule has 3 aromatic heterocycles. The molecule has 44 heavy (non-hydrogen) atoms. The number of likely N-dealkylation sites (N-methyl/N-ethyl adjacent to an activating group) is 1. The Morgan fingerprint density at radius 1 is 0.955 bits per heavy atom. The highest BCUT2D eigenvalue weighted by Crippen LogP contribution is 2.36. The maximum absolute atomic E-state index is 12.8. The normalized spacial score (nSPS) is 14.8. The molecule has 2 aromatic carbocycles. The zero-order chi connectivity index (χ0) is 31.6. The zero-order valence-corrected chi connectivity index (χ0v) is 25.0. The molecule has 4 heterocycles. The summed E-state index contributed by atoms with van der Waals surface area (Å²) in [5.41, 5.74) is 2.91. The molecule has 6 rings (SSSR count). The maximum Gasteiger partial charge on any atom is 0.416 e. The van der Waals surface area contributed by atoms with E-state index in [0.29, 0.717) is 17.3 Å². The maximum atomic E-state index is 12.8. The Labute approximate surface area is 253 Å². The Kier molecular flexibility index (Phi) is 8.52. The summed E-state index contributed by atoms with van der Waals surface area (Å²) in [7, 11) is 1.79. The highest BCUT2D eigenvalue weighted by Gasteiger charge is 2.38. The van der Waals surface area contributed by atoms with Gasteiger partial charge in [-0.3, -0.25) is 9.36 Å². The number of aryl methyl sites for hydroxylation is 1. The van der Waals surface area contributed by atoms with Crippen molar-refractivity contribution in [3.05, 3.63) is 90.6 Å². The van der Waals surface area contributed by atoms with Crippen molar-refractivity contribution < 1.29 is 18.0 Å². The number of H-pyrrole nitrogens is 1. The monoisotopic (exact) mass is 602 g/mol. The molecule has 0 spiro atoms. The van der Waals surface area contributed by atoms with Crippen molar-refractivity contribution in [3.63, 3.8) is 0 Å². The number of aromatic nitrogens is 6. The van der Waals surface area contributed by atoms with E-state index in [1.54, 1.807) is 36.7 Å². The molecule has 1 aliphatic heterocycles. The van der Waals surface area contributed by atoms with Gasteiger partial charge in [0.2, 0.25) is 11.9 Å². The first kappa shape index (κ1) is 30.5. The standard InChI is InChI=1S/C22H26N6O.C10H7F3N2/c1-6-17-21(29)26(5)18-13-24-22(25-20(18)28(17)14(2)3)27-12-11-23-19(27)16-9-7-15(4)8-10-16;11-10(12,13)8-3-1-7(2-4-8)9-14-5-6-15-9/h7-14,17H,6H2,1-5H3;1-6H,(H,14,15)/t17-;/m1./s1. The fourth-order valence-corrected chi connectivity index (χ4v) is 5.11. The number of amides is 1. The lowest BCUT2D eigenvalue weighted by Crippen LogP contribution is -2.55. The zero-order valence-electron chi connectivity index (χ0n) is 25.0. The van der Waals surface area contributed by atoms with Crippen LogP contribution < -0.4 is 9.80 Å². The van der Waals surface area contributed by atoms with E-state index in [4.69, 9.17) is 4.98 Å². The summed E-state index contributed by atoms with van der Waals surface area (Å²) in [5, 5.41) is 0. The van der Waals surface area contributed by atoms with Gasteiger partial charge in [-0.2, -0.15) is 18.2 Å². The van der Waals surface area contributed by atoms with Crippen molar-refractivity contribution in [2.75, 3.05) is 16.8 Å². The summed E-state index contributed by atoms with van der Waals surface area (Å²) >= 11 is 0. The van der Waals surface area contributed by atoms with Crippen LogP contribution >= 0.6 is 0 Å². The molecule has 0 unspecified atom stereocenters. The first-order chi connectivity index (χ1) is 21.0. The van der Waals surface area contributed by atoms with Crippen molar-refractivity contribution in [1.29, 1.82) is 0 Å². The molecule has 9 nitrogen and oxygen atoms in total. The van der Waals surface area contributed by atoms with Crippen LogP contribution in [0.2, 0.25) is 0 Å². The minimum absolute atomic E-state index is 0.0769. The largest absolute Gasteiger partial charge is 0.416 e. The number of imidazole rings is 2. The lowest BCUT2D eigenvalue weighted by atomic mass is 10.1. The predicted molar refractivity (Wildman–Crippen MR) is 163 cm³/mol. The van der Waals surface area contributed by atoms with Gasteiger partial charge in [0.25, 0.3) is 0 Å². The first-order valence-electron chi connectivity index (χ1n) is 14.2. The Morgan fingerprint density at radius 3 is 2.23 bits per heavy atom. The topological polar surface area (TPSA) is 95.8 Å². The molecule has 0 saturated carbocycles. The second-order valence-corrected chi connectivity index (χ2v) is 10.7. The molecule has 0 bridgehead atoms. The molecule has 1 N–H and O–H groups in total. The smallest absolute Gasteiger partial charge is 0.345 e. The van der Waals surface area contributed by atoms with Gasteiger partial charge in [-0.1, -0.05) is 48.9 Å². The van der Waals surface area contributed by atoms with Crippen LogP contribution in [-0.4, -0.2) is 54.5 Å². The van der Waals surface area contributed by atoms with Crippen molar-refractivity contribution >= 4 is 17.4 Å². The van der Waals surface area contributed by atoms with Crippen molar-refractivity contribution in [2.45, 2.75) is 52.4 Å². The molecule has 0 radical (unpaired) electrons. The number of alkyl halides is 3. The van der Waals surface area contributed by atoms with E-state index in [1.165, 1.54) is 17.7 Å². The van der Waals surface area contributed by atoms with Gasteiger partial charge in [0, 0.05) is 49.0 Å². The van der Waals surface area contributed by atoms with Gasteiger partial charge in [-0.05, 0) is 39.3 Å². The molecule has 1 amide bonds. The van der Waals surface area contributed by atoms with E-state index in [9.17, 15) is 18.0 Å². The van der Waals surface area contributed by atoms with Crippen molar-refractivity contribution in [3.8, 4) is 28.7 Å². The number of carbonyl (C=O) groups excluding carboxylic acids is 1. The minimum atomic E-state index is -4.29. The van der Waals surface area contributed by atoms with Crippen LogP contribution in [0.3, 0.4) is 0 Å². The summed E-state index contributed by atoms with van der Waals surface area (Å²) in [6, 6.07) is 13.0. The molecule has 228 valence electrons. The quantitative estimate of drug-likeness (QED) is 0.241. The SMILES string of the molecule is CC[C@@H]1C(=O)N(C)c2cnc(-n3ccnc3-c3ccc(C)cc3)nc2N1C(C)C.FC(F)(F)c1ccc(-c2ncc[nH]2)cc1. The van der Waals surface area contributed by atoms with E-state index < -0.39 is 11.7 Å². The third kappa shape index (κ3) is 6.05. The van der Waals surface area contributed by atoms with E-state index >= 15 is 0 Å². The minimum Gasteiger partial charge on any atom is -0.345 e. The molecule has 1 atom stereocenters. The number of carbonyl (C=O) groups is 1. The number of rotatable bonds is 5. The van der Waals surface area contributed by atoms with Gasteiger partial charge in [-0.25, -0.2) is 15.0 Å². The molecule has 0 saturated heterocycles. The number of hydrogen-bond donors (Lipinski definition) is 1. The van der Waals surface area contributed by atoms with Gasteiger partial charge in [0.1, 0.15) is 23.4 Å². The second kappa shape index (κ2) is 12.3. The van der Waals surface area contributed by atoms with Crippen molar-refractivity contribution in [1.82, 2.24) is 29.5 Å². The molecule has 1 aliphatic rings. The number of nitrogens with one attached hydrogen (secondary N) is 1. The number of nitrogens with zero attached hydrogens (tertiary/aromatic N) is 7. The summed E-state index contributed by atoms with van der Waals surface area (Å²) in [5.74, 6) is 2.74. The predicted octanol–water partition coefficient (Wildman–Crippen LogP) is 6.70. The Morgan fingerprint density at radius 2 is 1.64 bits per heavy atom. The van der Waals surface area contributed by atoms with Crippen LogP contribution in [0.5, 0.6) is 0 Å². The average molecular weight is 603 g/mol. The molecule has 5 aromatic rings. The molecule has 0 fully saturated rings. The Hall–Kier alpha value is -5.00. The van der Waals surface area contributed by atoms with Crippen LogP contribution in [0.4, 0.5) is 24.7 Å². The third-order valence-corrected chi connectivity index (χ3v) is 7.39. The fraction of sp³-hybridized carbons (Fsp3) is 0.281. The van der Waals surface area contributed by atoms with Crippen LogP contribution in [0.25, 0.3) is 28.7 Å². The van der Waals surface area contributed by atoms with Gasteiger partial charge < -0.3 is 14.8 Å². The lowest BCUT2D eigenvalue weighted by Gasteiger charge is -2.42. The van der Waals surface area contributed by atoms with Gasteiger partial charge in [0.15, 0.2) is 5.82 Å². The summed E-state index contributed by atoms with van der Waals surface area (Å²) in [6.45, 7) is 8.26. The van der Waals surface area contributed by atoms with E-state index in [-0.39, 0.29) is 18.0 Å². The summed E-state index contributed by atoms with van der Waals surface area (Å²) in [4.78, 5) is 37.3. The van der Waals surface area contributed by atoms with E-state index in [0.717, 1.165) is 41.4 Å². The number of fused-ring (bicyclic) bond motifs is 1. The van der Waals surface area contributed by atoms with E-state index in [2.05, 4.69) is 57.7 Å². The highest BCUT2D eigenvalue weighted by molar-refractivity contribution is 6.04. The number of aromatic amines is 1. The van der Waals surface area contributed by atoms with Crippen LogP contribution in [0, 0.1) is 6.92 Å². The number of benzene rings is 2. The average Bonchev–Trinajstić information content (AvgIpc) is 3.72. The second-order valence-electron chi connectivity index (χ2n) is 10.7. The van der Waals surface area contributed by atoms with Gasteiger partial charge in [-0.15, -0.1) is 0 Å².